The van der Waals surface area contributed by atoms with Gasteiger partial charge < -0.3 is 0 Å². The lowest BCUT2D eigenvalue weighted by Crippen LogP contribution is -1.94. The van der Waals surface area contributed by atoms with E-state index in [2.05, 4.69) is 0 Å². The van der Waals surface area contributed by atoms with Gasteiger partial charge in [-0.05, 0) is 18.5 Å². The van der Waals surface area contributed by atoms with Gasteiger partial charge in [-0.3, -0.25) is 9.59 Å². The normalized spacial score (nSPS) is 7.11. The first-order valence-corrected chi connectivity index (χ1v) is 3.18. The molecule has 54 valence electrons. The first-order chi connectivity index (χ1) is 4.13. The number of halogens is 1. The molecule has 9 heavy (non-hydrogen) atoms. The fourth-order valence-electron chi connectivity index (χ4n) is 0.196. The number of Topliss-reactive ketones (excluding diaryl/α,β-unsaturated/α-hetero) is 1. The molecule has 0 atom stereocenters. The van der Waals surface area contributed by atoms with E-state index in [4.69, 9.17) is 11.6 Å². The van der Waals surface area contributed by atoms with Crippen LogP contribution in [0.25, 0.3) is 0 Å². The predicted octanol–water partition coefficient (Wildman–Crippen LogP) is 1.76. The summed E-state index contributed by atoms with van der Waals surface area (Å²) in [5.74, 6) is -0.194. The van der Waals surface area contributed by atoms with Crippen LogP contribution in [0, 0.1) is 0 Å². The van der Waals surface area contributed by atoms with Crippen molar-refractivity contribution in [3.05, 3.63) is 0 Å². The molecule has 3 heteroatoms. The summed E-state index contributed by atoms with van der Waals surface area (Å²) in [7, 11) is 0. The molecule has 0 unspecified atom stereocenters. The summed E-state index contributed by atoms with van der Waals surface area (Å²) in [4.78, 5) is 19.7. The molecule has 0 aromatic carbocycles. The molecule has 0 aromatic heterocycles. The summed E-state index contributed by atoms with van der Waals surface area (Å²) in [5, 5.41) is -0.590. The molecular formula is C6H11ClO2. The first-order valence-electron chi connectivity index (χ1n) is 2.80. The minimum Gasteiger partial charge on any atom is -0.299 e. The van der Waals surface area contributed by atoms with Gasteiger partial charge in [0.05, 0.1) is 6.42 Å². The summed E-state index contributed by atoms with van der Waals surface area (Å²) in [5.41, 5.74) is 0. The highest BCUT2D eigenvalue weighted by Gasteiger charge is 1.97. The molecular weight excluding hydrogens is 140 g/mol. The second-order valence-corrected chi connectivity index (χ2v) is 1.66. The molecule has 0 aliphatic carbocycles. The summed E-state index contributed by atoms with van der Waals surface area (Å²) in [6.45, 7) is 5.32. The Kier molecular flexibility index (Phi) is 9.69. The van der Waals surface area contributed by atoms with Crippen LogP contribution in [0.5, 0.6) is 0 Å². The molecule has 0 saturated carbocycles. The van der Waals surface area contributed by atoms with Crippen LogP contribution >= 0.6 is 11.6 Å². The van der Waals surface area contributed by atoms with Crippen LogP contribution in [-0.2, 0) is 9.59 Å². The molecule has 0 amide bonds. The molecule has 0 spiro atoms. The molecule has 0 radical (unpaired) electrons. The number of ketones is 1. The monoisotopic (exact) mass is 150 g/mol. The Labute approximate surface area is 60.2 Å². The van der Waals surface area contributed by atoms with Gasteiger partial charge in [0, 0.05) is 0 Å². The van der Waals surface area contributed by atoms with Gasteiger partial charge in [0.15, 0.2) is 0 Å². The quantitative estimate of drug-likeness (QED) is 0.444. The standard InChI is InChI=1S/C4H5ClO2.C2H6/c1-3(6)2-4(5)7;1-2/h2H2,1H3;1-2H3. The van der Waals surface area contributed by atoms with Crippen molar-refractivity contribution in [2.24, 2.45) is 0 Å². The van der Waals surface area contributed by atoms with Gasteiger partial charge in [0.25, 0.3) is 0 Å². The SMILES string of the molecule is CC.CC(=O)CC(=O)Cl. The lowest BCUT2D eigenvalue weighted by molar-refractivity contribution is -0.122. The summed E-state index contributed by atoms with van der Waals surface area (Å²) >= 11 is 4.81. The van der Waals surface area contributed by atoms with Crippen molar-refractivity contribution in [3.8, 4) is 0 Å². The average Bonchev–Trinajstić information content (AvgIpc) is 1.68. The Balaban J connectivity index is 0. The minimum absolute atomic E-state index is 0.151. The van der Waals surface area contributed by atoms with Crippen molar-refractivity contribution < 1.29 is 9.59 Å². The van der Waals surface area contributed by atoms with Crippen molar-refractivity contribution in [2.75, 3.05) is 0 Å². The number of carbonyl (C=O) groups excluding carboxylic acids is 2. The summed E-state index contributed by atoms with van der Waals surface area (Å²) < 4.78 is 0. The highest BCUT2D eigenvalue weighted by atomic mass is 35.5. The predicted molar refractivity (Wildman–Crippen MR) is 37.5 cm³/mol. The van der Waals surface area contributed by atoms with E-state index in [9.17, 15) is 9.59 Å². The molecule has 0 heterocycles. The van der Waals surface area contributed by atoms with Crippen LogP contribution in [0.3, 0.4) is 0 Å². The van der Waals surface area contributed by atoms with Crippen molar-refractivity contribution in [3.63, 3.8) is 0 Å². The Morgan fingerprint density at radius 3 is 1.67 bits per heavy atom. The van der Waals surface area contributed by atoms with E-state index in [0.717, 1.165) is 0 Å². The minimum atomic E-state index is -0.590. The zero-order valence-electron chi connectivity index (χ0n) is 5.90. The topological polar surface area (TPSA) is 34.1 Å². The second-order valence-electron chi connectivity index (χ2n) is 1.23. The largest absolute Gasteiger partial charge is 0.299 e. The number of hydrogen-bond donors (Lipinski definition) is 0. The van der Waals surface area contributed by atoms with Crippen molar-refractivity contribution >= 4 is 22.6 Å². The van der Waals surface area contributed by atoms with E-state index in [1.54, 1.807) is 0 Å². The van der Waals surface area contributed by atoms with E-state index < -0.39 is 5.24 Å². The fraction of sp³-hybridized carbons (Fsp3) is 0.667. The van der Waals surface area contributed by atoms with Crippen molar-refractivity contribution in [1.82, 2.24) is 0 Å². The lowest BCUT2D eigenvalue weighted by Gasteiger charge is -1.79. The molecule has 2 nitrogen and oxygen atoms in total. The molecule has 0 saturated heterocycles. The Morgan fingerprint density at radius 2 is 1.67 bits per heavy atom. The van der Waals surface area contributed by atoms with Crippen LogP contribution in [0.1, 0.15) is 27.2 Å². The molecule has 0 rings (SSSR count). The molecule has 0 fully saturated rings. The van der Waals surface area contributed by atoms with Gasteiger partial charge in [-0.1, -0.05) is 13.8 Å². The summed E-state index contributed by atoms with van der Waals surface area (Å²) in [6.07, 6.45) is -0.151. The van der Waals surface area contributed by atoms with E-state index in [1.807, 2.05) is 13.8 Å². The maximum Gasteiger partial charge on any atom is 0.229 e. The molecule has 0 bridgehead atoms. The number of rotatable bonds is 2. The van der Waals surface area contributed by atoms with Crippen LogP contribution in [0.4, 0.5) is 0 Å². The van der Waals surface area contributed by atoms with Crippen molar-refractivity contribution in [2.45, 2.75) is 27.2 Å². The molecule has 0 N–H and O–H groups in total. The van der Waals surface area contributed by atoms with Crippen LogP contribution in [-0.4, -0.2) is 11.0 Å². The average molecular weight is 151 g/mol. The molecule has 0 aromatic rings. The van der Waals surface area contributed by atoms with Gasteiger partial charge in [-0.15, -0.1) is 0 Å². The van der Waals surface area contributed by atoms with Gasteiger partial charge in [0.1, 0.15) is 5.78 Å². The first kappa shape index (κ1) is 11.4. The van der Waals surface area contributed by atoms with Crippen LogP contribution in [0.2, 0.25) is 0 Å². The van der Waals surface area contributed by atoms with Crippen LogP contribution in [0.15, 0.2) is 0 Å². The zero-order valence-corrected chi connectivity index (χ0v) is 6.66. The fourth-order valence-corrected chi connectivity index (χ4v) is 0.384. The van der Waals surface area contributed by atoms with E-state index >= 15 is 0 Å². The van der Waals surface area contributed by atoms with Gasteiger partial charge in [0.2, 0.25) is 5.24 Å². The maximum atomic E-state index is 9.95. The van der Waals surface area contributed by atoms with Gasteiger partial charge >= 0.3 is 0 Å². The van der Waals surface area contributed by atoms with Gasteiger partial charge in [-0.2, -0.15) is 0 Å². The van der Waals surface area contributed by atoms with Crippen LogP contribution < -0.4 is 0 Å². The molecule has 0 aliphatic heterocycles. The third kappa shape index (κ3) is 18.4. The number of carbonyl (C=O) groups is 2. The lowest BCUT2D eigenvalue weighted by atomic mass is 10.3. The second kappa shape index (κ2) is 7.63. The smallest absolute Gasteiger partial charge is 0.229 e. The van der Waals surface area contributed by atoms with E-state index in [1.165, 1.54) is 6.92 Å². The number of hydrogen-bond acceptors (Lipinski definition) is 2. The third-order valence-electron chi connectivity index (χ3n) is 0.388. The van der Waals surface area contributed by atoms with E-state index in [0.29, 0.717) is 0 Å². The van der Waals surface area contributed by atoms with Gasteiger partial charge in [-0.25, -0.2) is 0 Å². The Hall–Kier alpha value is -0.370. The maximum absolute atomic E-state index is 9.95. The van der Waals surface area contributed by atoms with E-state index in [-0.39, 0.29) is 12.2 Å². The molecule has 0 aliphatic rings. The zero-order chi connectivity index (χ0) is 7.86. The highest BCUT2D eigenvalue weighted by molar-refractivity contribution is 6.64. The Morgan fingerprint density at radius 1 is 1.33 bits per heavy atom. The highest BCUT2D eigenvalue weighted by Crippen LogP contribution is 1.87. The summed E-state index contributed by atoms with van der Waals surface area (Å²) in [6, 6.07) is 0. The third-order valence-corrected chi connectivity index (χ3v) is 0.522. The Bertz CT molecular complexity index is 87.2. The van der Waals surface area contributed by atoms with Crippen molar-refractivity contribution in [1.29, 1.82) is 0 Å².